The summed E-state index contributed by atoms with van der Waals surface area (Å²) in [6.45, 7) is 3.85. The van der Waals surface area contributed by atoms with Crippen molar-refractivity contribution in [3.63, 3.8) is 0 Å². The number of phenolic OH excluding ortho intramolecular Hbond substituents is 1. The predicted molar refractivity (Wildman–Crippen MR) is 72.3 cm³/mol. The molecule has 0 radical (unpaired) electrons. The molecule has 2 N–H and O–H groups in total. The van der Waals surface area contributed by atoms with Gasteiger partial charge in [0.1, 0.15) is 17.1 Å². The molecule has 2 aliphatic rings. The maximum absolute atomic E-state index is 10.1. The van der Waals surface area contributed by atoms with Crippen molar-refractivity contribution in [2.24, 2.45) is 0 Å². The number of aryl methyl sites for hydroxylation is 1. The number of fused-ring (bicyclic) bond motifs is 1. The summed E-state index contributed by atoms with van der Waals surface area (Å²) in [5.41, 5.74) is 5.81. The Kier molecular flexibility index (Phi) is 2.95. The van der Waals surface area contributed by atoms with Gasteiger partial charge in [-0.05, 0) is 50.3 Å². The molecule has 0 bridgehead atoms. The molecule has 104 valence electrons. The number of phenols is 1. The van der Waals surface area contributed by atoms with E-state index in [9.17, 15) is 5.11 Å². The molecule has 1 aromatic rings. The molecule has 0 amide bonds. The summed E-state index contributed by atoms with van der Waals surface area (Å²) >= 11 is 0. The van der Waals surface area contributed by atoms with Crippen molar-refractivity contribution in [2.45, 2.75) is 51.2 Å². The van der Waals surface area contributed by atoms with Crippen LogP contribution in [0.25, 0.3) is 0 Å². The fourth-order valence-electron chi connectivity index (χ4n) is 3.34. The van der Waals surface area contributed by atoms with Crippen LogP contribution in [0.5, 0.6) is 11.5 Å². The zero-order chi connectivity index (χ0) is 13.6. The van der Waals surface area contributed by atoms with Gasteiger partial charge in [-0.25, -0.2) is 0 Å². The Bertz CT molecular complexity index is 509. The van der Waals surface area contributed by atoms with Gasteiger partial charge in [0.2, 0.25) is 0 Å². The minimum Gasteiger partial charge on any atom is -0.507 e. The third-order valence-electron chi connectivity index (χ3n) is 4.52. The lowest BCUT2D eigenvalue weighted by atomic mass is 9.72. The number of hydrogen-bond acceptors (Lipinski definition) is 4. The highest BCUT2D eigenvalue weighted by atomic mass is 16.6. The van der Waals surface area contributed by atoms with Crippen LogP contribution >= 0.6 is 0 Å². The molecule has 1 saturated carbocycles. The third kappa shape index (κ3) is 1.90. The van der Waals surface area contributed by atoms with Crippen LogP contribution in [-0.2, 0) is 4.84 Å². The zero-order valence-electron chi connectivity index (χ0n) is 11.7. The molecule has 0 saturated heterocycles. The minimum absolute atomic E-state index is 0.0287. The summed E-state index contributed by atoms with van der Waals surface area (Å²) in [6.07, 6.45) is 4.34. The van der Waals surface area contributed by atoms with Gasteiger partial charge in [0.25, 0.3) is 0 Å². The molecule has 1 atom stereocenters. The number of hydrogen-bond donors (Lipinski definition) is 2. The van der Waals surface area contributed by atoms with Crippen molar-refractivity contribution < 1.29 is 14.7 Å². The van der Waals surface area contributed by atoms with Gasteiger partial charge >= 0.3 is 0 Å². The number of hydroxylamine groups is 1. The molecule has 3 rings (SSSR count). The van der Waals surface area contributed by atoms with E-state index in [0.717, 1.165) is 41.7 Å². The molecule has 1 aliphatic heterocycles. The Labute approximate surface area is 113 Å². The average molecular weight is 263 g/mol. The van der Waals surface area contributed by atoms with Crippen LogP contribution in [0.3, 0.4) is 0 Å². The largest absolute Gasteiger partial charge is 0.507 e. The number of benzene rings is 1. The van der Waals surface area contributed by atoms with Gasteiger partial charge in [-0.15, -0.1) is 0 Å². The van der Waals surface area contributed by atoms with Gasteiger partial charge in [0.15, 0.2) is 0 Å². The molecule has 1 spiro atoms. The molecule has 4 heteroatoms. The summed E-state index contributed by atoms with van der Waals surface area (Å²) in [7, 11) is 1.63. The number of ether oxygens (including phenoxy) is 1. The molecule has 1 aliphatic carbocycles. The van der Waals surface area contributed by atoms with Gasteiger partial charge in [-0.2, -0.15) is 5.48 Å². The topological polar surface area (TPSA) is 50.7 Å². The Morgan fingerprint density at radius 1 is 1.42 bits per heavy atom. The summed E-state index contributed by atoms with van der Waals surface area (Å²) in [5.74, 6) is 1.25. The monoisotopic (exact) mass is 263 g/mol. The van der Waals surface area contributed by atoms with E-state index < -0.39 is 0 Å². The highest BCUT2D eigenvalue weighted by Gasteiger charge is 2.46. The second-order valence-electron chi connectivity index (χ2n) is 5.80. The third-order valence-corrected chi connectivity index (χ3v) is 4.52. The summed E-state index contributed by atoms with van der Waals surface area (Å²) in [4.78, 5) is 5.14. The van der Waals surface area contributed by atoms with Gasteiger partial charge in [0, 0.05) is 12.0 Å². The van der Waals surface area contributed by atoms with Crippen LogP contribution < -0.4 is 10.2 Å². The molecule has 0 aromatic heterocycles. The van der Waals surface area contributed by atoms with Crippen molar-refractivity contribution in [2.75, 3.05) is 7.11 Å². The van der Waals surface area contributed by atoms with E-state index in [1.807, 2.05) is 19.9 Å². The lowest BCUT2D eigenvalue weighted by molar-refractivity contribution is -0.0601. The van der Waals surface area contributed by atoms with Crippen molar-refractivity contribution in [3.05, 3.63) is 22.8 Å². The quantitative estimate of drug-likeness (QED) is 0.806. The molecule has 0 unspecified atom stereocenters. The van der Waals surface area contributed by atoms with Crippen LogP contribution in [-0.4, -0.2) is 17.8 Å². The zero-order valence-corrected chi connectivity index (χ0v) is 11.7. The Balaban J connectivity index is 2.08. The van der Waals surface area contributed by atoms with E-state index in [0.29, 0.717) is 5.75 Å². The van der Waals surface area contributed by atoms with E-state index in [1.54, 1.807) is 7.11 Å². The second-order valence-corrected chi connectivity index (χ2v) is 5.80. The standard InChI is InChI=1S/C15H21NO3/c1-9-7-12-13(10(2)14(9)17)11(16-18-3)8-15(19-12)5-4-6-15/h7,11,16-17H,4-6,8H2,1-3H3/t11-/m1/s1. The summed E-state index contributed by atoms with van der Waals surface area (Å²) in [5, 5.41) is 10.1. The summed E-state index contributed by atoms with van der Waals surface area (Å²) in [6, 6.07) is 2.03. The van der Waals surface area contributed by atoms with E-state index >= 15 is 0 Å². The van der Waals surface area contributed by atoms with E-state index in [-0.39, 0.29) is 11.6 Å². The van der Waals surface area contributed by atoms with Gasteiger partial charge in [0.05, 0.1) is 13.2 Å². The second kappa shape index (κ2) is 4.39. The van der Waals surface area contributed by atoms with Gasteiger partial charge < -0.3 is 14.7 Å². The van der Waals surface area contributed by atoms with Crippen molar-refractivity contribution in [3.8, 4) is 11.5 Å². The highest BCUT2D eigenvalue weighted by Crippen LogP contribution is 2.51. The fourth-order valence-corrected chi connectivity index (χ4v) is 3.34. The molecule has 19 heavy (non-hydrogen) atoms. The normalized spacial score (nSPS) is 23.6. The van der Waals surface area contributed by atoms with Gasteiger partial charge in [-0.1, -0.05) is 0 Å². The molecule has 1 aromatic carbocycles. The lowest BCUT2D eigenvalue weighted by Gasteiger charge is -2.48. The molecular weight excluding hydrogens is 242 g/mol. The van der Waals surface area contributed by atoms with Crippen LogP contribution in [0.4, 0.5) is 0 Å². The smallest absolute Gasteiger partial charge is 0.125 e. The van der Waals surface area contributed by atoms with Crippen molar-refractivity contribution in [1.29, 1.82) is 0 Å². The number of nitrogens with one attached hydrogen (secondary N) is 1. The van der Waals surface area contributed by atoms with Gasteiger partial charge in [-0.3, -0.25) is 0 Å². The molecular formula is C15H21NO3. The van der Waals surface area contributed by atoms with Crippen molar-refractivity contribution >= 4 is 0 Å². The molecule has 1 fully saturated rings. The highest BCUT2D eigenvalue weighted by molar-refractivity contribution is 5.54. The Morgan fingerprint density at radius 2 is 2.16 bits per heavy atom. The van der Waals surface area contributed by atoms with Crippen molar-refractivity contribution in [1.82, 2.24) is 5.48 Å². The first kappa shape index (κ1) is 12.8. The SMILES string of the molecule is CON[C@@H]1CC2(CCC2)Oc2cc(C)c(O)c(C)c21. The van der Waals surface area contributed by atoms with E-state index in [1.165, 1.54) is 6.42 Å². The number of aromatic hydroxyl groups is 1. The molecule has 1 heterocycles. The maximum atomic E-state index is 10.1. The fraction of sp³-hybridized carbons (Fsp3) is 0.600. The first-order valence-electron chi connectivity index (χ1n) is 6.87. The van der Waals surface area contributed by atoms with Crippen LogP contribution in [0.1, 0.15) is 48.4 Å². The van der Waals surface area contributed by atoms with Crippen LogP contribution in [0.15, 0.2) is 6.07 Å². The first-order chi connectivity index (χ1) is 9.06. The number of rotatable bonds is 2. The van der Waals surface area contributed by atoms with Crippen LogP contribution in [0, 0.1) is 13.8 Å². The Hall–Kier alpha value is -1.26. The van der Waals surface area contributed by atoms with E-state index in [2.05, 4.69) is 5.48 Å². The lowest BCUT2D eigenvalue weighted by Crippen LogP contribution is -2.49. The predicted octanol–water partition coefficient (Wildman–Crippen LogP) is 2.91. The minimum atomic E-state index is -0.0287. The average Bonchev–Trinajstić information content (AvgIpc) is 2.34. The first-order valence-corrected chi connectivity index (χ1v) is 6.87. The molecule has 4 nitrogen and oxygen atoms in total. The van der Waals surface area contributed by atoms with E-state index in [4.69, 9.17) is 9.57 Å². The summed E-state index contributed by atoms with van der Waals surface area (Å²) < 4.78 is 6.24. The maximum Gasteiger partial charge on any atom is 0.125 e. The Morgan fingerprint density at radius 3 is 2.74 bits per heavy atom. The van der Waals surface area contributed by atoms with Crippen LogP contribution in [0.2, 0.25) is 0 Å².